The number of allylic oxidation sites excluding steroid dienone is 1. The highest BCUT2D eigenvalue weighted by molar-refractivity contribution is 6.77. The third-order valence-electron chi connectivity index (χ3n) is 3.99. The Bertz CT molecular complexity index is 177. The predicted molar refractivity (Wildman–Crippen MR) is 78.5 cm³/mol. The lowest BCUT2D eigenvalue weighted by molar-refractivity contribution is 0.438. The predicted octanol–water partition coefficient (Wildman–Crippen LogP) is 4.67. The van der Waals surface area contributed by atoms with Crippen molar-refractivity contribution in [1.82, 2.24) is 4.57 Å². The maximum Gasteiger partial charge on any atom is 0.127 e. The second-order valence-corrected chi connectivity index (χ2v) is 9.86. The van der Waals surface area contributed by atoms with Gasteiger partial charge in [0.25, 0.3) is 0 Å². The van der Waals surface area contributed by atoms with Gasteiger partial charge in [0.1, 0.15) is 8.24 Å². The van der Waals surface area contributed by atoms with E-state index in [1.165, 1.54) is 44.1 Å². The molecule has 1 nitrogen and oxygen atoms in total. The van der Waals surface area contributed by atoms with Crippen molar-refractivity contribution in [2.45, 2.75) is 65.6 Å². The molecule has 0 saturated heterocycles. The molecule has 0 radical (unpaired) electrons. The SMILES string of the molecule is CC=CCN(CCCC)[Si](CC)(CC)CC. The van der Waals surface area contributed by atoms with E-state index in [9.17, 15) is 0 Å². The first kappa shape index (κ1) is 15.9. The van der Waals surface area contributed by atoms with Crippen molar-refractivity contribution < 1.29 is 0 Å². The molecule has 0 atom stereocenters. The van der Waals surface area contributed by atoms with Gasteiger partial charge in [-0.25, -0.2) is 0 Å². The maximum atomic E-state index is 2.83. The second-order valence-electron chi connectivity index (χ2n) is 4.65. The summed E-state index contributed by atoms with van der Waals surface area (Å²) in [6, 6.07) is 4.21. The summed E-state index contributed by atoms with van der Waals surface area (Å²) in [5.41, 5.74) is 0. The zero-order valence-corrected chi connectivity index (χ0v) is 13.1. The molecule has 0 bridgehead atoms. The average Bonchev–Trinajstić information content (AvgIpc) is 2.34. The first-order chi connectivity index (χ1) is 7.70. The fourth-order valence-corrected chi connectivity index (χ4v) is 6.49. The Morgan fingerprint density at radius 3 is 1.94 bits per heavy atom. The number of nitrogens with zero attached hydrogens (tertiary/aromatic N) is 1. The van der Waals surface area contributed by atoms with Crippen molar-refractivity contribution in [3.63, 3.8) is 0 Å². The van der Waals surface area contributed by atoms with E-state index in [0.29, 0.717) is 0 Å². The molecule has 0 fully saturated rings. The third-order valence-corrected chi connectivity index (χ3v) is 9.68. The van der Waals surface area contributed by atoms with Gasteiger partial charge in [-0.3, -0.25) is 0 Å². The molecule has 0 N–H and O–H groups in total. The van der Waals surface area contributed by atoms with Gasteiger partial charge in [-0.15, -0.1) is 0 Å². The van der Waals surface area contributed by atoms with Crippen LogP contribution >= 0.6 is 0 Å². The molecule has 96 valence electrons. The fourth-order valence-electron chi connectivity index (χ4n) is 2.52. The third kappa shape index (κ3) is 4.42. The lowest BCUT2D eigenvalue weighted by Gasteiger charge is -2.40. The molecule has 2 heteroatoms. The molecule has 0 heterocycles. The molecular weight excluding hydrogens is 210 g/mol. The summed E-state index contributed by atoms with van der Waals surface area (Å²) < 4.78 is 2.83. The molecule has 0 aromatic heterocycles. The van der Waals surface area contributed by atoms with Crippen LogP contribution in [0.3, 0.4) is 0 Å². The van der Waals surface area contributed by atoms with E-state index < -0.39 is 8.24 Å². The van der Waals surface area contributed by atoms with Gasteiger partial charge in [-0.1, -0.05) is 46.3 Å². The highest BCUT2D eigenvalue weighted by Gasteiger charge is 2.33. The van der Waals surface area contributed by atoms with Crippen LogP contribution in [0.2, 0.25) is 18.1 Å². The highest BCUT2D eigenvalue weighted by atomic mass is 28.3. The van der Waals surface area contributed by atoms with Gasteiger partial charge in [0, 0.05) is 6.54 Å². The lowest BCUT2D eigenvalue weighted by atomic mass is 10.3. The molecule has 0 aliphatic rings. The van der Waals surface area contributed by atoms with Crippen molar-refractivity contribution in [1.29, 1.82) is 0 Å². The molecule has 0 aromatic carbocycles. The molecule has 16 heavy (non-hydrogen) atoms. The highest BCUT2D eigenvalue weighted by Crippen LogP contribution is 2.25. The average molecular weight is 241 g/mol. The van der Waals surface area contributed by atoms with E-state index in [1.54, 1.807) is 0 Å². The Morgan fingerprint density at radius 2 is 1.56 bits per heavy atom. The number of rotatable bonds is 9. The number of hydrogen-bond acceptors (Lipinski definition) is 1. The maximum absolute atomic E-state index is 2.83. The van der Waals surface area contributed by atoms with Crippen LogP contribution in [0.1, 0.15) is 47.5 Å². The molecule has 0 aliphatic carbocycles. The molecule has 0 saturated carbocycles. The van der Waals surface area contributed by atoms with Crippen LogP contribution in [-0.2, 0) is 0 Å². The second kappa shape index (κ2) is 9.00. The molecular formula is C14H31NSi. The summed E-state index contributed by atoms with van der Waals surface area (Å²) in [6.07, 6.45) is 7.19. The van der Waals surface area contributed by atoms with Crippen LogP contribution in [0, 0.1) is 0 Å². The summed E-state index contributed by atoms with van der Waals surface area (Å²) in [5.74, 6) is 0. The summed E-state index contributed by atoms with van der Waals surface area (Å²) >= 11 is 0. The van der Waals surface area contributed by atoms with Gasteiger partial charge in [-0.2, -0.15) is 0 Å². The van der Waals surface area contributed by atoms with Gasteiger partial charge in [0.2, 0.25) is 0 Å². The Labute approximate surface area is 104 Å². The Kier molecular flexibility index (Phi) is 8.95. The zero-order chi connectivity index (χ0) is 12.4. The monoisotopic (exact) mass is 241 g/mol. The first-order valence-corrected chi connectivity index (χ1v) is 9.63. The molecule has 0 aromatic rings. The van der Waals surface area contributed by atoms with Crippen molar-refractivity contribution >= 4 is 8.24 Å². The Hall–Kier alpha value is -0.0831. The van der Waals surface area contributed by atoms with Crippen molar-refractivity contribution in [3.8, 4) is 0 Å². The molecule has 0 amide bonds. The van der Waals surface area contributed by atoms with Crippen LogP contribution < -0.4 is 0 Å². The summed E-state index contributed by atoms with van der Waals surface area (Å²) in [7, 11) is -1.14. The van der Waals surface area contributed by atoms with Crippen LogP contribution in [-0.4, -0.2) is 25.9 Å². The summed E-state index contributed by atoms with van der Waals surface area (Å²) in [5, 5.41) is 0. The van der Waals surface area contributed by atoms with E-state index in [2.05, 4.69) is 51.3 Å². The normalized spacial score (nSPS) is 12.9. The number of hydrogen-bond donors (Lipinski definition) is 0. The summed E-state index contributed by atoms with van der Waals surface area (Å²) in [4.78, 5) is 0. The summed E-state index contributed by atoms with van der Waals surface area (Å²) in [6.45, 7) is 14.1. The fraction of sp³-hybridized carbons (Fsp3) is 0.857. The van der Waals surface area contributed by atoms with Gasteiger partial charge in [0.05, 0.1) is 0 Å². The first-order valence-electron chi connectivity index (χ1n) is 7.06. The molecule has 0 spiro atoms. The van der Waals surface area contributed by atoms with Crippen molar-refractivity contribution in [3.05, 3.63) is 12.2 Å². The minimum absolute atomic E-state index is 1.14. The van der Waals surface area contributed by atoms with Crippen LogP contribution in [0.15, 0.2) is 12.2 Å². The van der Waals surface area contributed by atoms with Crippen molar-refractivity contribution in [2.75, 3.05) is 13.1 Å². The van der Waals surface area contributed by atoms with E-state index in [1.807, 2.05) is 0 Å². The van der Waals surface area contributed by atoms with Gasteiger partial charge in [0.15, 0.2) is 0 Å². The standard InChI is InChI=1S/C14H31NSi/c1-6-11-13-15(14-12-7-2)16(8-3,9-4)10-5/h6,11H,7-10,12-14H2,1-5H3. The van der Waals surface area contributed by atoms with E-state index in [4.69, 9.17) is 0 Å². The minimum atomic E-state index is -1.14. The zero-order valence-electron chi connectivity index (χ0n) is 12.1. The van der Waals surface area contributed by atoms with Crippen molar-refractivity contribution in [2.24, 2.45) is 0 Å². The Morgan fingerprint density at radius 1 is 1.00 bits per heavy atom. The Balaban J connectivity index is 4.65. The largest absolute Gasteiger partial charge is 0.320 e. The molecule has 0 aliphatic heterocycles. The van der Waals surface area contributed by atoms with Crippen LogP contribution in [0.25, 0.3) is 0 Å². The van der Waals surface area contributed by atoms with E-state index in [0.717, 1.165) is 0 Å². The van der Waals surface area contributed by atoms with Crippen LogP contribution in [0.4, 0.5) is 0 Å². The van der Waals surface area contributed by atoms with Crippen LogP contribution in [0.5, 0.6) is 0 Å². The minimum Gasteiger partial charge on any atom is -0.320 e. The van der Waals surface area contributed by atoms with Gasteiger partial charge >= 0.3 is 0 Å². The van der Waals surface area contributed by atoms with E-state index >= 15 is 0 Å². The smallest absolute Gasteiger partial charge is 0.127 e. The number of unbranched alkanes of at least 4 members (excludes halogenated alkanes) is 1. The van der Waals surface area contributed by atoms with Gasteiger partial charge < -0.3 is 4.57 Å². The topological polar surface area (TPSA) is 3.24 Å². The molecule has 0 rings (SSSR count). The molecule has 0 unspecified atom stereocenters. The lowest BCUT2D eigenvalue weighted by Crippen LogP contribution is -2.52. The van der Waals surface area contributed by atoms with Gasteiger partial charge in [-0.05, 0) is 38.0 Å². The van der Waals surface area contributed by atoms with E-state index in [-0.39, 0.29) is 0 Å². The quantitative estimate of drug-likeness (QED) is 0.419.